The molecule has 37 heavy (non-hydrogen) atoms. The largest absolute Gasteiger partial charge is 0.117 e. The Kier molecular flexibility index (Phi) is 4.68. The van der Waals surface area contributed by atoms with E-state index in [2.05, 4.69) is 133 Å². The van der Waals surface area contributed by atoms with Crippen LogP contribution in [0.5, 0.6) is 0 Å². The van der Waals surface area contributed by atoms with Crippen molar-refractivity contribution in [2.24, 2.45) is 0 Å². The summed E-state index contributed by atoms with van der Waals surface area (Å²) < 4.78 is 0. The van der Waals surface area contributed by atoms with Gasteiger partial charge in [0.2, 0.25) is 0 Å². The zero-order valence-corrected chi connectivity index (χ0v) is 21.1. The third kappa shape index (κ3) is 3.17. The number of benzene rings is 6. The lowest BCUT2D eigenvalue weighted by molar-refractivity contribution is 0.881. The summed E-state index contributed by atoms with van der Waals surface area (Å²) in [6.07, 6.45) is 9.12. The summed E-state index contributed by atoms with van der Waals surface area (Å²) in [5.41, 5.74) is 6.76. The Morgan fingerprint density at radius 1 is 0.514 bits per heavy atom. The van der Waals surface area contributed by atoms with E-state index in [4.69, 9.17) is 0 Å². The molecule has 1 heterocycles. The highest BCUT2D eigenvalue weighted by atomic mass is 32.2. The van der Waals surface area contributed by atoms with Crippen LogP contribution in [0.25, 0.3) is 54.6 Å². The van der Waals surface area contributed by atoms with Crippen molar-refractivity contribution < 1.29 is 0 Å². The van der Waals surface area contributed by atoms with Crippen molar-refractivity contribution in [3.8, 4) is 22.3 Å². The molecule has 0 N–H and O–H groups in total. The van der Waals surface area contributed by atoms with Gasteiger partial charge in [0.15, 0.2) is 0 Å². The van der Waals surface area contributed by atoms with Crippen LogP contribution in [0.3, 0.4) is 0 Å². The molecular formula is C36H24S. The van der Waals surface area contributed by atoms with E-state index in [1.807, 2.05) is 11.8 Å². The van der Waals surface area contributed by atoms with E-state index in [1.54, 1.807) is 0 Å². The van der Waals surface area contributed by atoms with Gasteiger partial charge in [-0.15, -0.1) is 11.8 Å². The first kappa shape index (κ1) is 21.1. The molecule has 1 heteroatoms. The number of thioether (sulfide) groups is 1. The molecule has 0 radical (unpaired) electrons. The fourth-order valence-corrected chi connectivity index (χ4v) is 7.80. The fourth-order valence-electron chi connectivity index (χ4n) is 6.34. The van der Waals surface area contributed by atoms with Crippen molar-refractivity contribution in [3.63, 3.8) is 0 Å². The van der Waals surface area contributed by atoms with E-state index in [0.29, 0.717) is 11.2 Å². The number of hydrogen-bond donors (Lipinski definition) is 0. The van der Waals surface area contributed by atoms with Crippen LogP contribution in [0.1, 0.15) is 11.5 Å². The highest BCUT2D eigenvalue weighted by molar-refractivity contribution is 8.00. The molecular weight excluding hydrogens is 464 g/mol. The topological polar surface area (TPSA) is 0 Å². The molecule has 0 fully saturated rings. The first-order chi connectivity index (χ1) is 18.4. The van der Waals surface area contributed by atoms with Crippen LogP contribution < -0.4 is 0 Å². The normalized spacial score (nSPS) is 17.9. The lowest BCUT2D eigenvalue weighted by Crippen LogP contribution is -2.06. The number of allylic oxidation sites excluding steroid dienone is 3. The van der Waals surface area contributed by atoms with Gasteiger partial charge >= 0.3 is 0 Å². The average Bonchev–Trinajstić information content (AvgIpc) is 3.35. The molecule has 8 rings (SSSR count). The minimum Gasteiger partial charge on any atom is -0.117 e. The summed E-state index contributed by atoms with van der Waals surface area (Å²) in [7, 11) is 0. The third-order valence-corrected chi connectivity index (χ3v) is 9.40. The summed E-state index contributed by atoms with van der Waals surface area (Å²) in [4.78, 5) is 1.43. The smallest absolute Gasteiger partial charge is 0.0381 e. The molecule has 6 aromatic rings. The predicted octanol–water partition coefficient (Wildman–Crippen LogP) is 10.2. The Balaban J connectivity index is 1.46. The van der Waals surface area contributed by atoms with E-state index >= 15 is 0 Å². The second-order valence-corrected chi connectivity index (χ2v) is 11.2. The van der Waals surface area contributed by atoms with Crippen LogP contribution in [0.4, 0.5) is 0 Å². The predicted molar refractivity (Wildman–Crippen MR) is 160 cm³/mol. The van der Waals surface area contributed by atoms with Gasteiger partial charge in [-0.25, -0.2) is 0 Å². The van der Waals surface area contributed by atoms with Crippen molar-refractivity contribution in [3.05, 3.63) is 139 Å². The van der Waals surface area contributed by atoms with Gasteiger partial charge in [0.05, 0.1) is 0 Å². The van der Waals surface area contributed by atoms with Crippen molar-refractivity contribution >= 4 is 44.1 Å². The third-order valence-electron chi connectivity index (χ3n) is 7.98. The van der Waals surface area contributed by atoms with Gasteiger partial charge in [-0.3, -0.25) is 0 Å². The van der Waals surface area contributed by atoms with Crippen molar-refractivity contribution in [1.82, 2.24) is 0 Å². The van der Waals surface area contributed by atoms with Crippen LogP contribution in [-0.2, 0) is 0 Å². The van der Waals surface area contributed by atoms with Crippen LogP contribution in [-0.4, -0.2) is 5.25 Å². The van der Waals surface area contributed by atoms with Gasteiger partial charge in [0.1, 0.15) is 0 Å². The van der Waals surface area contributed by atoms with Crippen LogP contribution in [0, 0.1) is 0 Å². The Morgan fingerprint density at radius 3 is 1.92 bits per heavy atom. The maximum atomic E-state index is 2.37. The number of hydrogen-bond acceptors (Lipinski definition) is 1. The summed E-state index contributed by atoms with van der Waals surface area (Å²) in [6, 6.07) is 40.4. The highest BCUT2D eigenvalue weighted by Crippen LogP contribution is 2.54. The molecule has 2 atom stereocenters. The number of fused-ring (bicyclic) bond motifs is 6. The van der Waals surface area contributed by atoms with E-state index < -0.39 is 0 Å². The van der Waals surface area contributed by atoms with Gasteiger partial charge in [0, 0.05) is 16.1 Å². The molecule has 0 amide bonds. The minimum absolute atomic E-state index is 0.458. The van der Waals surface area contributed by atoms with E-state index in [0.717, 1.165) is 0 Å². The quantitative estimate of drug-likeness (QED) is 0.218. The van der Waals surface area contributed by atoms with Crippen LogP contribution in [0.2, 0.25) is 0 Å². The minimum atomic E-state index is 0.458. The van der Waals surface area contributed by atoms with Gasteiger partial charge < -0.3 is 0 Å². The molecule has 1 aliphatic carbocycles. The fraction of sp³-hybridized carbons (Fsp3) is 0.0556. The SMILES string of the molecule is C1=CC2Sc3c(-c4c5ccccc5c(-c5ccc6ccccc6c5)c5ccccc45)cccc3C2C=C1. The molecule has 0 spiro atoms. The molecule has 0 aromatic heterocycles. The second kappa shape index (κ2) is 8.23. The average molecular weight is 489 g/mol. The Hall–Kier alpha value is -4.07. The lowest BCUT2D eigenvalue weighted by atomic mass is 9.84. The maximum absolute atomic E-state index is 2.37. The summed E-state index contributed by atoms with van der Waals surface area (Å²) in [6.45, 7) is 0. The van der Waals surface area contributed by atoms with E-state index in [9.17, 15) is 0 Å². The first-order valence-corrected chi connectivity index (χ1v) is 13.8. The van der Waals surface area contributed by atoms with E-state index in [-0.39, 0.29) is 0 Å². The maximum Gasteiger partial charge on any atom is 0.0381 e. The zero-order chi connectivity index (χ0) is 24.3. The Morgan fingerprint density at radius 2 is 1.16 bits per heavy atom. The van der Waals surface area contributed by atoms with Crippen molar-refractivity contribution in [2.45, 2.75) is 16.1 Å². The van der Waals surface area contributed by atoms with Gasteiger partial charge in [-0.05, 0) is 66.2 Å². The van der Waals surface area contributed by atoms with Crippen molar-refractivity contribution in [2.75, 3.05) is 0 Å². The molecule has 174 valence electrons. The first-order valence-electron chi connectivity index (χ1n) is 12.9. The summed E-state index contributed by atoms with van der Waals surface area (Å²) >= 11 is 2.02. The molecule has 1 aliphatic heterocycles. The molecule has 0 bridgehead atoms. The van der Waals surface area contributed by atoms with Crippen molar-refractivity contribution in [1.29, 1.82) is 0 Å². The Bertz CT molecular complexity index is 1870. The lowest BCUT2D eigenvalue weighted by Gasteiger charge is -2.19. The zero-order valence-electron chi connectivity index (χ0n) is 20.3. The molecule has 6 aromatic carbocycles. The standard InChI is InChI=1S/C36H24S/c1-2-11-24-22-25(21-20-23(24)10-1)34-27-13-3-5-15-29(27)35(30-16-6-4-14-28(30)34)32-18-9-17-31-26-12-7-8-19-33(26)37-36(31)32/h1-22,26,33H. The molecule has 2 aliphatic rings. The second-order valence-electron chi connectivity index (χ2n) is 10.0. The molecule has 2 unspecified atom stereocenters. The summed E-state index contributed by atoms with van der Waals surface area (Å²) in [5, 5.41) is 8.29. The monoisotopic (exact) mass is 488 g/mol. The van der Waals surface area contributed by atoms with Gasteiger partial charge in [-0.2, -0.15) is 0 Å². The van der Waals surface area contributed by atoms with Gasteiger partial charge in [0.25, 0.3) is 0 Å². The summed E-state index contributed by atoms with van der Waals surface area (Å²) in [5.74, 6) is 0.458. The van der Waals surface area contributed by atoms with E-state index in [1.165, 1.54) is 65.0 Å². The van der Waals surface area contributed by atoms with Gasteiger partial charge in [-0.1, -0.05) is 127 Å². The molecule has 0 saturated carbocycles. The van der Waals surface area contributed by atoms with Crippen LogP contribution >= 0.6 is 11.8 Å². The van der Waals surface area contributed by atoms with Crippen LogP contribution in [0.15, 0.2) is 138 Å². The Labute approximate surface area is 221 Å². The molecule has 0 nitrogen and oxygen atoms in total. The highest BCUT2D eigenvalue weighted by Gasteiger charge is 2.33. The molecule has 0 saturated heterocycles. The number of rotatable bonds is 2.